The van der Waals surface area contributed by atoms with E-state index in [1.165, 1.54) is 0 Å². The van der Waals surface area contributed by atoms with Crippen LogP contribution in [-0.2, 0) is 25.7 Å². The first kappa shape index (κ1) is 23.0. The van der Waals surface area contributed by atoms with Crippen molar-refractivity contribution in [3.63, 3.8) is 0 Å². The molecule has 0 aromatic carbocycles. The van der Waals surface area contributed by atoms with Gasteiger partial charge in [0.25, 0.3) is 0 Å². The van der Waals surface area contributed by atoms with E-state index in [2.05, 4.69) is 4.98 Å². The summed E-state index contributed by atoms with van der Waals surface area (Å²) in [4.78, 5) is 42.3. The molecule has 0 saturated carbocycles. The number of likely N-dealkylation sites (tertiary alicyclic amines) is 2. The number of pyridine rings is 1. The molecule has 4 rings (SSSR count). The average Bonchev–Trinajstić information content (AvgIpc) is 3.40. The van der Waals surface area contributed by atoms with E-state index in [4.69, 9.17) is 14.6 Å². The zero-order chi connectivity index (χ0) is 22.6. The molecule has 1 aromatic heterocycles. The molecule has 3 aliphatic heterocycles. The molecule has 11 heteroatoms. The fraction of sp³-hybridized carbons (Fsp3) is 0.600. The highest BCUT2D eigenvalue weighted by molar-refractivity contribution is 5.82. The van der Waals surface area contributed by atoms with Gasteiger partial charge in [-0.1, -0.05) is 6.07 Å². The summed E-state index contributed by atoms with van der Waals surface area (Å²) in [7, 11) is 0. The second-order valence-electron chi connectivity index (χ2n) is 7.74. The number of carboxylic acids is 1. The Hall–Kier alpha value is -2.69. The van der Waals surface area contributed by atoms with Crippen LogP contribution in [0.5, 0.6) is 0 Å². The largest absolute Gasteiger partial charge is 0.490 e. The molecule has 1 unspecified atom stereocenters. The van der Waals surface area contributed by atoms with Crippen LogP contribution in [0, 0.1) is 5.92 Å². The van der Waals surface area contributed by atoms with Gasteiger partial charge in [0, 0.05) is 38.5 Å². The Morgan fingerprint density at radius 3 is 2.55 bits per heavy atom. The average molecular weight is 443 g/mol. The molecule has 0 bridgehead atoms. The second kappa shape index (κ2) is 9.63. The molecule has 1 N–H and O–H groups in total. The van der Waals surface area contributed by atoms with Crippen LogP contribution in [0.15, 0.2) is 24.5 Å². The molecule has 31 heavy (non-hydrogen) atoms. The van der Waals surface area contributed by atoms with Gasteiger partial charge >= 0.3 is 12.1 Å². The lowest BCUT2D eigenvalue weighted by Crippen LogP contribution is -2.53. The summed E-state index contributed by atoms with van der Waals surface area (Å²) in [6.45, 7) is 2.57. The molecule has 0 aliphatic carbocycles. The third kappa shape index (κ3) is 5.52. The predicted octanol–water partition coefficient (Wildman–Crippen LogP) is 1.84. The Morgan fingerprint density at radius 2 is 1.97 bits per heavy atom. The van der Waals surface area contributed by atoms with Crippen molar-refractivity contribution in [2.24, 2.45) is 5.92 Å². The maximum atomic E-state index is 12.8. The molecule has 170 valence electrons. The third-order valence-electron chi connectivity index (χ3n) is 5.77. The van der Waals surface area contributed by atoms with Crippen LogP contribution in [-0.4, -0.2) is 75.7 Å². The Labute approximate surface area is 177 Å². The molecule has 3 atom stereocenters. The molecule has 3 saturated heterocycles. The van der Waals surface area contributed by atoms with Gasteiger partial charge in [-0.3, -0.25) is 14.6 Å². The Morgan fingerprint density at radius 1 is 1.23 bits per heavy atom. The van der Waals surface area contributed by atoms with Crippen LogP contribution in [0.3, 0.4) is 0 Å². The van der Waals surface area contributed by atoms with E-state index >= 15 is 0 Å². The minimum absolute atomic E-state index is 0.00755. The monoisotopic (exact) mass is 443 g/mol. The van der Waals surface area contributed by atoms with Crippen molar-refractivity contribution in [1.82, 2.24) is 14.8 Å². The predicted molar refractivity (Wildman–Crippen MR) is 101 cm³/mol. The van der Waals surface area contributed by atoms with Crippen LogP contribution in [0.4, 0.5) is 13.2 Å². The van der Waals surface area contributed by atoms with Crippen molar-refractivity contribution in [3.05, 3.63) is 30.1 Å². The maximum absolute atomic E-state index is 12.8. The van der Waals surface area contributed by atoms with E-state index in [1.54, 1.807) is 6.20 Å². The highest BCUT2D eigenvalue weighted by Crippen LogP contribution is 2.34. The van der Waals surface area contributed by atoms with Crippen molar-refractivity contribution in [2.45, 2.75) is 50.5 Å². The molecule has 2 amide bonds. The number of nitrogens with zero attached hydrogens (tertiary/aromatic N) is 3. The summed E-state index contributed by atoms with van der Waals surface area (Å²) in [5.41, 5.74) is 1.04. The molecule has 1 aromatic rings. The van der Waals surface area contributed by atoms with Crippen molar-refractivity contribution in [1.29, 1.82) is 0 Å². The number of aromatic nitrogens is 1. The molecular weight excluding hydrogens is 419 g/mol. The summed E-state index contributed by atoms with van der Waals surface area (Å²) in [5.74, 6) is -2.34. The molecule has 3 fully saturated rings. The normalized spacial score (nSPS) is 25.6. The minimum Gasteiger partial charge on any atom is -0.475 e. The Kier molecular flexibility index (Phi) is 7.14. The summed E-state index contributed by atoms with van der Waals surface area (Å²) in [5, 5.41) is 7.12. The van der Waals surface area contributed by atoms with Gasteiger partial charge < -0.3 is 19.6 Å². The Balaban J connectivity index is 0.000000339. The molecule has 0 spiro atoms. The van der Waals surface area contributed by atoms with E-state index in [-0.39, 0.29) is 29.8 Å². The fourth-order valence-electron chi connectivity index (χ4n) is 4.28. The number of hydrogen-bond acceptors (Lipinski definition) is 5. The van der Waals surface area contributed by atoms with Gasteiger partial charge in [0.05, 0.1) is 24.6 Å². The van der Waals surface area contributed by atoms with E-state index < -0.39 is 12.1 Å². The number of piperidine rings is 1. The van der Waals surface area contributed by atoms with Gasteiger partial charge in [0.15, 0.2) is 0 Å². The number of aliphatic carboxylic acids is 1. The van der Waals surface area contributed by atoms with Crippen LogP contribution in [0.2, 0.25) is 0 Å². The molecule has 0 radical (unpaired) electrons. The lowest BCUT2D eigenvalue weighted by Gasteiger charge is -2.40. The summed E-state index contributed by atoms with van der Waals surface area (Å²) in [6, 6.07) is 4.19. The summed E-state index contributed by atoms with van der Waals surface area (Å²) in [6.07, 6.45) is 1.47. The maximum Gasteiger partial charge on any atom is 0.490 e. The standard InChI is InChI=1S/C18H23N3O3.C2HF3O2/c22-17-4-3-15-16(21(17)11-13-2-1-7-19-10-13)5-8-20(15)18(23)14-6-9-24-12-14;3-2(4,5)1(6)7/h1-2,7,10,14-16H,3-6,8-9,11-12H2;(H,6,7)/t14?,15-,16-;/m0./s1. The number of carboxylic acid groups (broad SMARTS) is 1. The van der Waals surface area contributed by atoms with Crippen molar-refractivity contribution in [2.75, 3.05) is 19.8 Å². The first-order valence-corrected chi connectivity index (χ1v) is 10.0. The SMILES string of the molecule is O=C(O)C(F)(F)F.O=C1CC[C@H]2[C@H](CCN2C(=O)C2CCOC2)N1Cc1cccnc1. The van der Waals surface area contributed by atoms with E-state index in [0.29, 0.717) is 26.2 Å². The number of carbonyl (C=O) groups excluding carboxylic acids is 2. The number of ether oxygens (including phenoxy) is 1. The lowest BCUT2D eigenvalue weighted by atomic mass is 9.95. The first-order valence-electron chi connectivity index (χ1n) is 10.0. The van der Waals surface area contributed by atoms with Gasteiger partial charge in [-0.2, -0.15) is 13.2 Å². The molecule has 8 nitrogen and oxygen atoms in total. The number of halogens is 3. The van der Waals surface area contributed by atoms with Crippen LogP contribution in [0.1, 0.15) is 31.2 Å². The van der Waals surface area contributed by atoms with Gasteiger partial charge in [-0.15, -0.1) is 0 Å². The summed E-state index contributed by atoms with van der Waals surface area (Å²) < 4.78 is 37.1. The van der Waals surface area contributed by atoms with E-state index in [0.717, 1.165) is 31.4 Å². The van der Waals surface area contributed by atoms with Crippen LogP contribution >= 0.6 is 0 Å². The molecule has 3 aliphatic rings. The van der Waals surface area contributed by atoms with Gasteiger partial charge in [-0.05, 0) is 30.9 Å². The van der Waals surface area contributed by atoms with Crippen molar-refractivity contribution in [3.8, 4) is 0 Å². The van der Waals surface area contributed by atoms with E-state index in [9.17, 15) is 22.8 Å². The van der Waals surface area contributed by atoms with E-state index in [1.807, 2.05) is 28.1 Å². The smallest absolute Gasteiger partial charge is 0.475 e. The highest BCUT2D eigenvalue weighted by atomic mass is 19.4. The number of fused-ring (bicyclic) bond motifs is 1. The van der Waals surface area contributed by atoms with Crippen molar-refractivity contribution >= 4 is 17.8 Å². The van der Waals surface area contributed by atoms with Gasteiger partial charge in [-0.25, -0.2) is 4.79 Å². The molecule has 4 heterocycles. The number of carbonyl (C=O) groups is 3. The van der Waals surface area contributed by atoms with Crippen molar-refractivity contribution < 1.29 is 37.4 Å². The van der Waals surface area contributed by atoms with Crippen LogP contribution < -0.4 is 0 Å². The Bertz CT molecular complexity index is 799. The van der Waals surface area contributed by atoms with Gasteiger partial charge in [0.2, 0.25) is 11.8 Å². The zero-order valence-electron chi connectivity index (χ0n) is 16.8. The minimum atomic E-state index is -5.08. The zero-order valence-corrected chi connectivity index (χ0v) is 16.8. The molecular formula is C20H24F3N3O5. The first-order chi connectivity index (χ1) is 14.7. The third-order valence-corrected chi connectivity index (χ3v) is 5.77. The fourth-order valence-corrected chi connectivity index (χ4v) is 4.28. The lowest BCUT2D eigenvalue weighted by molar-refractivity contribution is -0.192. The van der Waals surface area contributed by atoms with Gasteiger partial charge in [0.1, 0.15) is 0 Å². The number of amides is 2. The number of alkyl halides is 3. The summed E-state index contributed by atoms with van der Waals surface area (Å²) >= 11 is 0. The quantitative estimate of drug-likeness (QED) is 0.765. The topological polar surface area (TPSA) is 100 Å². The highest BCUT2D eigenvalue weighted by Gasteiger charge is 2.46. The number of hydrogen-bond donors (Lipinski definition) is 1. The number of rotatable bonds is 3. The second-order valence-corrected chi connectivity index (χ2v) is 7.74. The van der Waals surface area contributed by atoms with Crippen LogP contribution in [0.25, 0.3) is 0 Å².